The van der Waals surface area contributed by atoms with E-state index in [1.54, 1.807) is 31.6 Å². The summed E-state index contributed by atoms with van der Waals surface area (Å²) in [7, 11) is 1.87. The summed E-state index contributed by atoms with van der Waals surface area (Å²) >= 11 is 5.04. The van der Waals surface area contributed by atoms with Gasteiger partial charge in [-0.3, -0.25) is 9.48 Å². The Labute approximate surface area is 200 Å². The van der Waals surface area contributed by atoms with E-state index >= 15 is 0 Å². The predicted octanol–water partition coefficient (Wildman–Crippen LogP) is 5.23. The molecule has 170 valence electrons. The molecule has 0 bridgehead atoms. The second-order valence-corrected chi connectivity index (χ2v) is 10.3. The Hall–Kier alpha value is -2.65. The lowest BCUT2D eigenvalue weighted by Gasteiger charge is -2.22. The Morgan fingerprint density at radius 2 is 1.94 bits per heavy atom. The number of aryl methyl sites for hydroxylation is 1. The Morgan fingerprint density at radius 3 is 2.56 bits per heavy atom. The van der Waals surface area contributed by atoms with Crippen LogP contribution in [0.1, 0.15) is 26.3 Å². The number of amides is 2. The first-order valence-corrected chi connectivity index (χ1v) is 11.8. The summed E-state index contributed by atoms with van der Waals surface area (Å²) in [5, 5.41) is 10.7. The van der Waals surface area contributed by atoms with Gasteiger partial charge in [-0.25, -0.2) is 4.79 Å². The number of aromatic nitrogens is 2. The van der Waals surface area contributed by atoms with E-state index in [1.807, 2.05) is 49.5 Å². The summed E-state index contributed by atoms with van der Waals surface area (Å²) in [6.45, 7) is 5.57. The fourth-order valence-corrected chi connectivity index (χ4v) is 4.94. The van der Waals surface area contributed by atoms with Gasteiger partial charge < -0.3 is 15.4 Å². The summed E-state index contributed by atoms with van der Waals surface area (Å²) in [4.78, 5) is 26.3. The highest BCUT2D eigenvalue weighted by molar-refractivity contribution is 9.10. The van der Waals surface area contributed by atoms with Crippen LogP contribution in [-0.2, 0) is 23.0 Å². The van der Waals surface area contributed by atoms with Crippen molar-refractivity contribution in [2.24, 2.45) is 13.0 Å². The Kier molecular flexibility index (Phi) is 7.73. The fourth-order valence-electron chi connectivity index (χ4n) is 3.10. The molecule has 1 unspecified atom stereocenters. The fraction of sp³-hybridized carbons (Fsp3) is 0.348. The molecule has 2 N–H and O–H groups in total. The molecule has 0 radical (unpaired) electrons. The van der Waals surface area contributed by atoms with E-state index < -0.39 is 17.6 Å². The molecule has 2 amide bonds. The van der Waals surface area contributed by atoms with Crippen LogP contribution in [0.5, 0.6) is 0 Å². The quantitative estimate of drug-likeness (QED) is 0.448. The Balaban J connectivity index is 1.73. The maximum absolute atomic E-state index is 13.2. The number of nitrogens with one attached hydrogen (secondary N) is 2. The van der Waals surface area contributed by atoms with Crippen molar-refractivity contribution in [2.75, 3.05) is 11.9 Å². The topological polar surface area (TPSA) is 85.3 Å². The molecule has 32 heavy (non-hydrogen) atoms. The van der Waals surface area contributed by atoms with Crippen LogP contribution in [0.4, 0.5) is 9.80 Å². The van der Waals surface area contributed by atoms with E-state index in [-0.39, 0.29) is 12.5 Å². The summed E-state index contributed by atoms with van der Waals surface area (Å²) in [5.41, 5.74) is 1.36. The molecule has 9 heteroatoms. The minimum atomic E-state index is -0.604. The first-order valence-electron chi connectivity index (χ1n) is 10.2. The third-order valence-corrected chi connectivity index (χ3v) is 6.53. The molecule has 2 heterocycles. The first kappa shape index (κ1) is 24.0. The molecule has 0 aliphatic carbocycles. The lowest BCUT2D eigenvalue weighted by Crippen LogP contribution is -2.39. The molecule has 0 spiro atoms. The van der Waals surface area contributed by atoms with Crippen molar-refractivity contribution < 1.29 is 14.3 Å². The van der Waals surface area contributed by atoms with Gasteiger partial charge in [-0.2, -0.15) is 5.10 Å². The molecule has 0 saturated carbocycles. The molecule has 7 nitrogen and oxygen atoms in total. The third kappa shape index (κ3) is 6.67. The van der Waals surface area contributed by atoms with Crippen LogP contribution in [-0.4, -0.2) is 33.9 Å². The van der Waals surface area contributed by atoms with Crippen LogP contribution in [0.15, 0.2) is 53.1 Å². The normalized spacial score (nSPS) is 12.3. The van der Waals surface area contributed by atoms with Gasteiger partial charge in [-0.15, -0.1) is 11.3 Å². The molecule has 0 fully saturated rings. The summed E-state index contributed by atoms with van der Waals surface area (Å²) in [6, 6.07) is 13.5. The maximum atomic E-state index is 13.2. The van der Waals surface area contributed by atoms with Crippen molar-refractivity contribution in [1.82, 2.24) is 15.1 Å². The van der Waals surface area contributed by atoms with E-state index in [2.05, 4.69) is 31.7 Å². The number of carbonyl (C=O) groups is 2. The van der Waals surface area contributed by atoms with Crippen molar-refractivity contribution in [1.29, 1.82) is 0 Å². The number of hydrogen-bond acceptors (Lipinski definition) is 5. The number of nitrogens with zero attached hydrogens (tertiary/aromatic N) is 2. The predicted molar refractivity (Wildman–Crippen MR) is 131 cm³/mol. The average molecular weight is 519 g/mol. The Morgan fingerprint density at radius 1 is 1.22 bits per heavy atom. The van der Waals surface area contributed by atoms with Gasteiger partial charge in [0, 0.05) is 24.3 Å². The smallest absolute Gasteiger partial charge is 0.407 e. The minimum absolute atomic E-state index is 0.163. The van der Waals surface area contributed by atoms with Gasteiger partial charge in [0.25, 0.3) is 0 Å². The van der Waals surface area contributed by atoms with Crippen LogP contribution in [0.2, 0.25) is 0 Å². The van der Waals surface area contributed by atoms with Gasteiger partial charge >= 0.3 is 6.09 Å². The van der Waals surface area contributed by atoms with Crippen molar-refractivity contribution in [3.8, 4) is 10.6 Å². The molecule has 0 aliphatic rings. The molecule has 1 atom stereocenters. The van der Waals surface area contributed by atoms with Crippen LogP contribution < -0.4 is 10.6 Å². The van der Waals surface area contributed by atoms with E-state index in [0.29, 0.717) is 11.4 Å². The number of alkyl carbamates (subject to hydrolysis) is 1. The average Bonchev–Trinajstić information content (AvgIpc) is 3.29. The van der Waals surface area contributed by atoms with Crippen LogP contribution >= 0.6 is 27.3 Å². The zero-order valence-electron chi connectivity index (χ0n) is 18.5. The number of halogens is 1. The monoisotopic (exact) mass is 518 g/mol. The van der Waals surface area contributed by atoms with Crippen LogP contribution in [0.25, 0.3) is 10.6 Å². The molecule has 1 aromatic carbocycles. The SMILES string of the molecule is Cn1nccc1-c1sc(NC(=O)C(CNC(=O)OC(C)(C)C)Cc2ccccc2)cc1Br. The van der Waals surface area contributed by atoms with E-state index in [9.17, 15) is 9.59 Å². The number of thiophene rings is 1. The van der Waals surface area contributed by atoms with Gasteiger partial charge in [0.2, 0.25) is 5.91 Å². The van der Waals surface area contributed by atoms with Crippen molar-refractivity contribution in [3.05, 3.63) is 58.7 Å². The molecular formula is C23H27BrN4O3S. The summed E-state index contributed by atoms with van der Waals surface area (Å²) < 4.78 is 7.98. The van der Waals surface area contributed by atoms with Gasteiger partial charge in [0.15, 0.2) is 0 Å². The highest BCUT2D eigenvalue weighted by atomic mass is 79.9. The number of benzene rings is 1. The standard InChI is InChI=1S/C23H27BrN4O3S/c1-23(2,3)31-22(30)25-14-16(12-15-8-6-5-7-9-15)21(29)27-19-13-17(24)20(32-19)18-10-11-26-28(18)4/h5-11,13,16H,12,14H2,1-4H3,(H,25,30)(H,27,29). The van der Waals surface area contributed by atoms with Crippen LogP contribution in [0.3, 0.4) is 0 Å². The number of ether oxygens (including phenoxy) is 1. The lowest BCUT2D eigenvalue weighted by molar-refractivity contribution is -0.119. The van der Waals surface area contributed by atoms with E-state index in [0.717, 1.165) is 20.6 Å². The summed E-state index contributed by atoms with van der Waals surface area (Å²) in [5.74, 6) is -0.638. The summed E-state index contributed by atoms with van der Waals surface area (Å²) in [6.07, 6.45) is 1.68. The zero-order chi connectivity index (χ0) is 23.3. The highest BCUT2D eigenvalue weighted by Gasteiger charge is 2.23. The third-order valence-electron chi connectivity index (χ3n) is 4.57. The number of hydrogen-bond donors (Lipinski definition) is 2. The first-order chi connectivity index (χ1) is 15.1. The largest absolute Gasteiger partial charge is 0.444 e. The molecule has 0 aliphatic heterocycles. The molecule has 3 aromatic rings. The van der Waals surface area contributed by atoms with E-state index in [1.165, 1.54) is 11.3 Å². The lowest BCUT2D eigenvalue weighted by atomic mass is 9.98. The van der Waals surface area contributed by atoms with Gasteiger partial charge in [-0.1, -0.05) is 30.3 Å². The van der Waals surface area contributed by atoms with E-state index in [4.69, 9.17) is 4.74 Å². The maximum Gasteiger partial charge on any atom is 0.407 e. The van der Waals surface area contributed by atoms with Gasteiger partial charge in [0.05, 0.1) is 21.5 Å². The van der Waals surface area contributed by atoms with Crippen molar-refractivity contribution >= 4 is 44.3 Å². The second kappa shape index (κ2) is 10.3. The molecule has 2 aromatic heterocycles. The van der Waals surface area contributed by atoms with Gasteiger partial charge in [-0.05, 0) is 60.8 Å². The number of carbonyl (C=O) groups excluding carboxylic acids is 2. The Bertz CT molecular complexity index is 1070. The van der Waals surface area contributed by atoms with Crippen LogP contribution in [0, 0.1) is 5.92 Å². The highest BCUT2D eigenvalue weighted by Crippen LogP contribution is 2.39. The van der Waals surface area contributed by atoms with Crippen molar-refractivity contribution in [3.63, 3.8) is 0 Å². The number of rotatable bonds is 7. The second-order valence-electron chi connectivity index (χ2n) is 8.39. The number of anilines is 1. The molecule has 0 saturated heterocycles. The van der Waals surface area contributed by atoms with Gasteiger partial charge in [0.1, 0.15) is 5.60 Å². The van der Waals surface area contributed by atoms with Crippen molar-refractivity contribution in [2.45, 2.75) is 32.8 Å². The zero-order valence-corrected chi connectivity index (χ0v) is 20.9. The minimum Gasteiger partial charge on any atom is -0.444 e. The molecular weight excluding hydrogens is 492 g/mol. The molecule has 3 rings (SSSR count).